The maximum absolute atomic E-state index is 5.22. The van der Waals surface area contributed by atoms with Crippen molar-refractivity contribution in [3.8, 4) is 5.75 Å². The van der Waals surface area contributed by atoms with E-state index in [0.29, 0.717) is 0 Å². The van der Waals surface area contributed by atoms with Gasteiger partial charge in [0.05, 0.1) is 20.3 Å². The highest BCUT2D eigenvalue weighted by atomic mass is 79.9. The fourth-order valence-electron chi connectivity index (χ4n) is 1.65. The minimum absolute atomic E-state index is 0.273. The summed E-state index contributed by atoms with van der Waals surface area (Å²) in [6, 6.07) is 5.98. The molecule has 1 N–H and O–H groups in total. The van der Waals surface area contributed by atoms with E-state index in [1.54, 1.807) is 7.11 Å². The molecule has 2 rings (SSSR count). The van der Waals surface area contributed by atoms with Gasteiger partial charge in [-0.15, -0.1) is 0 Å². The number of methoxy groups -OCH3 is 1. The molecule has 0 saturated carbocycles. The lowest BCUT2D eigenvalue weighted by atomic mass is 9.89. The summed E-state index contributed by atoms with van der Waals surface area (Å²) in [6.45, 7) is 4.82. The van der Waals surface area contributed by atoms with Crippen LogP contribution in [0.2, 0.25) is 0 Å². The molecule has 1 aliphatic heterocycles. The van der Waals surface area contributed by atoms with Gasteiger partial charge in [-0.2, -0.15) is 0 Å². The van der Waals surface area contributed by atoms with Crippen LogP contribution in [0.3, 0.4) is 0 Å². The maximum Gasteiger partial charge on any atom is 0.122 e. The summed E-state index contributed by atoms with van der Waals surface area (Å²) in [6.07, 6.45) is 0. The van der Waals surface area contributed by atoms with E-state index in [0.717, 1.165) is 35.7 Å². The van der Waals surface area contributed by atoms with Crippen LogP contribution in [0.15, 0.2) is 22.7 Å². The molecule has 0 spiro atoms. The Hall–Kier alpha value is -0.740. The Morgan fingerprint density at radius 3 is 2.75 bits per heavy atom. The average Bonchev–Trinajstić information content (AvgIpc) is 2.23. The summed E-state index contributed by atoms with van der Waals surface area (Å²) in [4.78, 5) is 0. The van der Waals surface area contributed by atoms with Crippen LogP contribution in [-0.4, -0.2) is 26.9 Å². The lowest BCUT2D eigenvalue weighted by Crippen LogP contribution is -2.45. The van der Waals surface area contributed by atoms with Crippen molar-refractivity contribution >= 4 is 21.6 Å². The van der Waals surface area contributed by atoms with Gasteiger partial charge in [0.2, 0.25) is 0 Å². The number of rotatable bonds is 4. The van der Waals surface area contributed by atoms with Crippen molar-refractivity contribution in [1.29, 1.82) is 0 Å². The van der Waals surface area contributed by atoms with Gasteiger partial charge in [-0.1, -0.05) is 22.9 Å². The molecule has 1 fully saturated rings. The molecule has 4 heteroatoms. The van der Waals surface area contributed by atoms with Crippen LogP contribution in [0.25, 0.3) is 0 Å². The SMILES string of the molecule is COc1cc(Br)cc(NCC2(C)COC2)c1. The molecule has 1 aromatic rings. The third kappa shape index (κ3) is 2.68. The van der Waals surface area contributed by atoms with Crippen molar-refractivity contribution in [3.63, 3.8) is 0 Å². The minimum atomic E-state index is 0.273. The van der Waals surface area contributed by atoms with Gasteiger partial charge in [0.1, 0.15) is 5.75 Å². The second kappa shape index (κ2) is 4.63. The molecule has 1 saturated heterocycles. The summed E-state index contributed by atoms with van der Waals surface area (Å²) in [7, 11) is 1.67. The Morgan fingerprint density at radius 1 is 1.44 bits per heavy atom. The first-order valence-corrected chi connectivity index (χ1v) is 6.07. The van der Waals surface area contributed by atoms with Gasteiger partial charge in [0.15, 0.2) is 0 Å². The Kier molecular flexibility index (Phi) is 3.40. The Bertz CT molecular complexity index is 377. The molecule has 0 radical (unpaired) electrons. The normalized spacial score (nSPS) is 17.7. The Balaban J connectivity index is 2.00. The number of benzene rings is 1. The van der Waals surface area contributed by atoms with Crippen LogP contribution in [0.5, 0.6) is 5.75 Å². The fourth-order valence-corrected chi connectivity index (χ4v) is 2.12. The average molecular weight is 286 g/mol. The smallest absolute Gasteiger partial charge is 0.122 e. The van der Waals surface area contributed by atoms with Crippen LogP contribution in [0.1, 0.15) is 6.92 Å². The molecule has 0 aromatic heterocycles. The van der Waals surface area contributed by atoms with Gasteiger partial charge in [0, 0.05) is 28.2 Å². The van der Waals surface area contributed by atoms with E-state index in [1.165, 1.54) is 0 Å². The standard InChI is InChI=1S/C12H16BrNO2/c1-12(7-16-8-12)6-14-10-3-9(13)4-11(5-10)15-2/h3-5,14H,6-8H2,1-2H3. The van der Waals surface area contributed by atoms with Crippen molar-refractivity contribution < 1.29 is 9.47 Å². The number of halogens is 1. The molecule has 1 aromatic carbocycles. The summed E-state index contributed by atoms with van der Waals surface area (Å²) < 4.78 is 11.5. The topological polar surface area (TPSA) is 30.5 Å². The summed E-state index contributed by atoms with van der Waals surface area (Å²) >= 11 is 3.46. The highest BCUT2D eigenvalue weighted by Crippen LogP contribution is 2.29. The summed E-state index contributed by atoms with van der Waals surface area (Å²) in [5.74, 6) is 0.854. The second-order valence-electron chi connectivity index (χ2n) is 4.54. The Labute approximate surface area is 104 Å². The third-order valence-electron chi connectivity index (χ3n) is 2.73. The monoisotopic (exact) mass is 285 g/mol. The van der Waals surface area contributed by atoms with Crippen LogP contribution < -0.4 is 10.1 Å². The number of nitrogens with one attached hydrogen (secondary N) is 1. The van der Waals surface area contributed by atoms with E-state index >= 15 is 0 Å². The lowest BCUT2D eigenvalue weighted by Gasteiger charge is -2.38. The molecule has 1 heterocycles. The van der Waals surface area contributed by atoms with E-state index in [2.05, 4.69) is 28.2 Å². The maximum atomic E-state index is 5.22. The van der Waals surface area contributed by atoms with Gasteiger partial charge in [-0.25, -0.2) is 0 Å². The number of anilines is 1. The fraction of sp³-hybridized carbons (Fsp3) is 0.500. The van der Waals surface area contributed by atoms with E-state index < -0.39 is 0 Å². The minimum Gasteiger partial charge on any atom is -0.497 e. The molecule has 0 atom stereocenters. The molecule has 3 nitrogen and oxygen atoms in total. The van der Waals surface area contributed by atoms with E-state index in [9.17, 15) is 0 Å². The lowest BCUT2D eigenvalue weighted by molar-refractivity contribution is -0.0924. The predicted octanol–water partition coefficient (Wildman–Crippen LogP) is 2.91. The van der Waals surface area contributed by atoms with Crippen LogP contribution in [0, 0.1) is 5.41 Å². The molecule has 0 bridgehead atoms. The predicted molar refractivity (Wildman–Crippen MR) is 68.1 cm³/mol. The van der Waals surface area contributed by atoms with Crippen LogP contribution in [-0.2, 0) is 4.74 Å². The molecular formula is C12H16BrNO2. The zero-order valence-corrected chi connectivity index (χ0v) is 11.1. The van der Waals surface area contributed by atoms with Crippen molar-refractivity contribution in [2.75, 3.05) is 32.2 Å². The van der Waals surface area contributed by atoms with Gasteiger partial charge in [0.25, 0.3) is 0 Å². The largest absolute Gasteiger partial charge is 0.497 e. The zero-order chi connectivity index (χ0) is 11.6. The molecule has 0 unspecified atom stereocenters. The molecule has 16 heavy (non-hydrogen) atoms. The van der Waals surface area contributed by atoms with E-state index in [4.69, 9.17) is 9.47 Å². The van der Waals surface area contributed by atoms with Crippen molar-refractivity contribution in [1.82, 2.24) is 0 Å². The summed E-state index contributed by atoms with van der Waals surface area (Å²) in [5, 5.41) is 3.41. The highest BCUT2D eigenvalue weighted by molar-refractivity contribution is 9.10. The molecule has 0 aliphatic carbocycles. The molecular weight excluding hydrogens is 270 g/mol. The molecule has 1 aliphatic rings. The first-order chi connectivity index (χ1) is 7.61. The highest BCUT2D eigenvalue weighted by Gasteiger charge is 2.32. The molecule has 0 amide bonds. The van der Waals surface area contributed by atoms with E-state index in [1.807, 2.05) is 18.2 Å². The van der Waals surface area contributed by atoms with Crippen molar-refractivity contribution in [2.24, 2.45) is 5.41 Å². The first kappa shape index (κ1) is 11.7. The zero-order valence-electron chi connectivity index (χ0n) is 9.55. The van der Waals surface area contributed by atoms with Crippen molar-refractivity contribution in [3.05, 3.63) is 22.7 Å². The number of hydrogen-bond acceptors (Lipinski definition) is 3. The molecule has 88 valence electrons. The quantitative estimate of drug-likeness (QED) is 0.923. The van der Waals surface area contributed by atoms with Crippen LogP contribution in [0.4, 0.5) is 5.69 Å². The van der Waals surface area contributed by atoms with Gasteiger partial charge >= 0.3 is 0 Å². The van der Waals surface area contributed by atoms with E-state index in [-0.39, 0.29) is 5.41 Å². The number of ether oxygens (including phenoxy) is 2. The van der Waals surface area contributed by atoms with Crippen molar-refractivity contribution in [2.45, 2.75) is 6.92 Å². The van der Waals surface area contributed by atoms with Gasteiger partial charge in [-0.3, -0.25) is 0 Å². The summed E-state index contributed by atoms with van der Waals surface area (Å²) in [5.41, 5.74) is 1.34. The Morgan fingerprint density at radius 2 is 2.19 bits per heavy atom. The van der Waals surface area contributed by atoms with Crippen LogP contribution >= 0.6 is 15.9 Å². The van der Waals surface area contributed by atoms with Gasteiger partial charge in [-0.05, 0) is 12.1 Å². The third-order valence-corrected chi connectivity index (χ3v) is 3.19. The van der Waals surface area contributed by atoms with Gasteiger partial charge < -0.3 is 14.8 Å². The number of hydrogen-bond donors (Lipinski definition) is 1. The second-order valence-corrected chi connectivity index (χ2v) is 5.45. The first-order valence-electron chi connectivity index (χ1n) is 5.27.